The lowest BCUT2D eigenvalue weighted by atomic mass is 9.74. The van der Waals surface area contributed by atoms with Gasteiger partial charge in [0.05, 0.1) is 5.56 Å². The van der Waals surface area contributed by atoms with Crippen LogP contribution in [0.4, 0.5) is 4.39 Å². The molecule has 0 radical (unpaired) electrons. The Morgan fingerprint density at radius 2 is 1.79 bits per heavy atom. The van der Waals surface area contributed by atoms with Crippen LogP contribution in [0.25, 0.3) is 0 Å². The summed E-state index contributed by atoms with van der Waals surface area (Å²) < 4.78 is 19.2. The number of hydrogen-bond donors (Lipinski definition) is 1. The molecular formula is C25H28FNO2. The van der Waals surface area contributed by atoms with Crippen molar-refractivity contribution in [2.24, 2.45) is 11.3 Å². The van der Waals surface area contributed by atoms with Gasteiger partial charge in [-0.2, -0.15) is 0 Å². The number of halogens is 1. The van der Waals surface area contributed by atoms with Crippen LogP contribution in [0.2, 0.25) is 0 Å². The molecule has 29 heavy (non-hydrogen) atoms. The Kier molecular flexibility index (Phi) is 7.06. The quantitative estimate of drug-likeness (QED) is 0.741. The first-order chi connectivity index (χ1) is 14.0. The zero-order valence-corrected chi connectivity index (χ0v) is 17.1. The maximum Gasteiger partial charge on any atom is 0.251 e. The van der Waals surface area contributed by atoms with Crippen molar-refractivity contribution in [1.82, 2.24) is 5.32 Å². The molecule has 3 rings (SSSR count). The van der Waals surface area contributed by atoms with Crippen LogP contribution in [0.15, 0.2) is 48.5 Å². The third-order valence-electron chi connectivity index (χ3n) is 5.38. The van der Waals surface area contributed by atoms with Crippen molar-refractivity contribution >= 4 is 5.91 Å². The molecule has 0 spiro atoms. The van der Waals surface area contributed by atoms with Crippen LogP contribution in [-0.2, 0) is 4.74 Å². The zero-order chi connectivity index (χ0) is 20.7. The minimum absolute atomic E-state index is 0.0757. The van der Waals surface area contributed by atoms with Crippen LogP contribution in [0.1, 0.15) is 54.6 Å². The van der Waals surface area contributed by atoms with Gasteiger partial charge in [0, 0.05) is 30.9 Å². The molecule has 2 aromatic rings. The smallest absolute Gasteiger partial charge is 0.251 e. The lowest BCUT2D eigenvalue weighted by molar-refractivity contribution is 0.00457. The highest BCUT2D eigenvalue weighted by atomic mass is 19.1. The van der Waals surface area contributed by atoms with Gasteiger partial charge in [0.1, 0.15) is 5.82 Å². The molecule has 1 aliphatic rings. The van der Waals surface area contributed by atoms with Crippen LogP contribution in [0, 0.1) is 29.0 Å². The van der Waals surface area contributed by atoms with Crippen molar-refractivity contribution in [3.63, 3.8) is 0 Å². The molecule has 1 fully saturated rings. The molecule has 1 N–H and O–H groups in total. The van der Waals surface area contributed by atoms with Crippen molar-refractivity contribution < 1.29 is 13.9 Å². The fourth-order valence-electron chi connectivity index (χ4n) is 3.90. The summed E-state index contributed by atoms with van der Waals surface area (Å²) in [4.78, 5) is 12.6. The maximum atomic E-state index is 13.6. The molecule has 0 aliphatic carbocycles. The highest BCUT2D eigenvalue weighted by molar-refractivity contribution is 5.94. The molecule has 0 atom stereocenters. The predicted molar refractivity (Wildman–Crippen MR) is 113 cm³/mol. The monoisotopic (exact) mass is 393 g/mol. The topological polar surface area (TPSA) is 38.3 Å². The Bertz CT molecular complexity index is 887. The van der Waals surface area contributed by atoms with E-state index in [-0.39, 0.29) is 17.1 Å². The van der Waals surface area contributed by atoms with Gasteiger partial charge < -0.3 is 10.1 Å². The minimum Gasteiger partial charge on any atom is -0.381 e. The molecule has 1 heterocycles. The molecule has 0 saturated carbocycles. The third-order valence-corrected chi connectivity index (χ3v) is 5.38. The van der Waals surface area contributed by atoms with E-state index in [9.17, 15) is 9.18 Å². The molecule has 1 saturated heterocycles. The van der Waals surface area contributed by atoms with Gasteiger partial charge in [-0.1, -0.05) is 37.8 Å². The van der Waals surface area contributed by atoms with E-state index in [4.69, 9.17) is 4.74 Å². The average molecular weight is 394 g/mol. The number of nitrogens with one attached hydrogen (secondary N) is 1. The first-order valence-corrected chi connectivity index (χ1v) is 10.2. The number of carbonyl (C=O) groups excluding carboxylic acids is 1. The number of hydrogen-bond acceptors (Lipinski definition) is 2. The normalized spacial score (nSPS) is 15.4. The summed E-state index contributed by atoms with van der Waals surface area (Å²) in [5.74, 6) is 5.95. The van der Waals surface area contributed by atoms with Gasteiger partial charge in [0.2, 0.25) is 0 Å². The summed E-state index contributed by atoms with van der Waals surface area (Å²) in [5.41, 5.74) is 1.83. The van der Waals surface area contributed by atoms with Crippen LogP contribution >= 0.6 is 0 Å². The Balaban J connectivity index is 1.62. The van der Waals surface area contributed by atoms with Crippen molar-refractivity contribution in [3.8, 4) is 11.8 Å². The second-order valence-electron chi connectivity index (χ2n) is 8.20. The lowest BCUT2D eigenvalue weighted by Crippen LogP contribution is -2.42. The fourth-order valence-corrected chi connectivity index (χ4v) is 3.90. The molecule has 2 aromatic carbocycles. The summed E-state index contributed by atoms with van der Waals surface area (Å²) in [5, 5.41) is 3.12. The van der Waals surface area contributed by atoms with E-state index in [0.29, 0.717) is 23.6 Å². The maximum absolute atomic E-state index is 13.6. The zero-order valence-electron chi connectivity index (χ0n) is 17.1. The van der Waals surface area contributed by atoms with Crippen molar-refractivity contribution in [2.45, 2.75) is 33.1 Å². The number of rotatable bonds is 5. The van der Waals surface area contributed by atoms with E-state index in [2.05, 4.69) is 31.0 Å². The van der Waals surface area contributed by atoms with Crippen LogP contribution in [0.5, 0.6) is 0 Å². The summed E-state index contributed by atoms with van der Waals surface area (Å²) in [6, 6.07) is 13.5. The first-order valence-electron chi connectivity index (χ1n) is 10.2. The van der Waals surface area contributed by atoms with E-state index in [0.717, 1.165) is 38.0 Å². The molecule has 1 aliphatic heterocycles. The molecule has 0 unspecified atom stereocenters. The van der Waals surface area contributed by atoms with Gasteiger partial charge in [-0.3, -0.25) is 4.79 Å². The fraction of sp³-hybridized carbons (Fsp3) is 0.400. The standard InChI is InChI=1S/C25H28FNO2/c1-19(2)17-25(13-15-29-16-14-25)18-27-24(28)22-11-8-20(9-12-22)7-10-21-5-3-4-6-23(21)26/h3-6,8-9,11-12,19H,13-18H2,1-2H3,(H,27,28). The summed E-state index contributed by atoms with van der Waals surface area (Å²) in [6.45, 7) is 6.64. The van der Waals surface area contributed by atoms with Crippen LogP contribution in [-0.4, -0.2) is 25.7 Å². The highest BCUT2D eigenvalue weighted by Crippen LogP contribution is 2.36. The molecule has 3 nitrogen and oxygen atoms in total. The van der Waals surface area contributed by atoms with Crippen molar-refractivity contribution in [2.75, 3.05) is 19.8 Å². The lowest BCUT2D eigenvalue weighted by Gasteiger charge is -2.38. The summed E-state index contributed by atoms with van der Waals surface area (Å²) in [7, 11) is 0. The SMILES string of the molecule is CC(C)CC1(CNC(=O)c2ccc(C#Cc3ccccc3F)cc2)CCOCC1. The largest absolute Gasteiger partial charge is 0.381 e. The summed E-state index contributed by atoms with van der Waals surface area (Å²) in [6.07, 6.45) is 3.05. The van der Waals surface area contributed by atoms with Crippen molar-refractivity contribution in [3.05, 3.63) is 71.0 Å². The molecule has 0 bridgehead atoms. The number of amides is 1. The highest BCUT2D eigenvalue weighted by Gasteiger charge is 2.33. The van der Waals surface area contributed by atoms with Crippen LogP contribution in [0.3, 0.4) is 0 Å². The van der Waals surface area contributed by atoms with E-state index in [1.54, 1.807) is 42.5 Å². The van der Waals surface area contributed by atoms with Crippen molar-refractivity contribution in [1.29, 1.82) is 0 Å². The Hall–Kier alpha value is -2.64. The molecule has 1 amide bonds. The minimum atomic E-state index is -0.334. The van der Waals surface area contributed by atoms with Gasteiger partial charge >= 0.3 is 0 Å². The average Bonchev–Trinajstić information content (AvgIpc) is 2.72. The molecule has 152 valence electrons. The Morgan fingerprint density at radius 3 is 2.45 bits per heavy atom. The number of ether oxygens (including phenoxy) is 1. The molecule has 4 heteroatoms. The van der Waals surface area contributed by atoms with E-state index in [1.165, 1.54) is 6.07 Å². The Labute approximate surface area is 172 Å². The van der Waals surface area contributed by atoms with Gasteiger partial charge in [-0.05, 0) is 67.0 Å². The van der Waals surface area contributed by atoms with Gasteiger partial charge in [0.25, 0.3) is 5.91 Å². The Morgan fingerprint density at radius 1 is 1.10 bits per heavy atom. The molecule has 0 aromatic heterocycles. The molecular weight excluding hydrogens is 365 g/mol. The summed E-state index contributed by atoms with van der Waals surface area (Å²) >= 11 is 0. The van der Waals surface area contributed by atoms with E-state index < -0.39 is 0 Å². The second-order valence-corrected chi connectivity index (χ2v) is 8.20. The van der Waals surface area contributed by atoms with Gasteiger partial charge in [-0.25, -0.2) is 4.39 Å². The van der Waals surface area contributed by atoms with Crippen LogP contribution < -0.4 is 5.32 Å². The number of benzene rings is 2. The number of carbonyl (C=O) groups is 1. The van der Waals surface area contributed by atoms with E-state index in [1.807, 2.05) is 0 Å². The third kappa shape index (κ3) is 5.92. The second kappa shape index (κ2) is 9.71. The predicted octanol–water partition coefficient (Wildman–Crippen LogP) is 4.80. The van der Waals surface area contributed by atoms with Gasteiger partial charge in [-0.15, -0.1) is 0 Å². The van der Waals surface area contributed by atoms with E-state index >= 15 is 0 Å². The van der Waals surface area contributed by atoms with Gasteiger partial charge in [0.15, 0.2) is 0 Å². The first kappa shape index (κ1) is 21.1.